The Morgan fingerprint density at radius 1 is 1.50 bits per heavy atom. The Morgan fingerprint density at radius 3 is 3.22 bits per heavy atom. The molecule has 1 aromatic heterocycles. The highest BCUT2D eigenvalue weighted by Crippen LogP contribution is 2.22. The van der Waals surface area contributed by atoms with Crippen LogP contribution in [0, 0.1) is 0 Å². The lowest BCUT2D eigenvalue weighted by molar-refractivity contribution is 0.259. The number of nitrogens with two attached hydrogens (primary N) is 1. The molecular formula is C13H18N4O. The van der Waals surface area contributed by atoms with Crippen LogP contribution in [-0.2, 0) is 0 Å². The molecule has 0 bridgehead atoms. The second kappa shape index (κ2) is 4.49. The number of nitrogens with one attached hydrogen (secondary N) is 1. The maximum absolute atomic E-state index is 5.73. The van der Waals surface area contributed by atoms with E-state index in [0.29, 0.717) is 17.7 Å². The van der Waals surface area contributed by atoms with Crippen molar-refractivity contribution in [3.05, 3.63) is 18.2 Å². The molecule has 18 heavy (non-hydrogen) atoms. The summed E-state index contributed by atoms with van der Waals surface area (Å²) in [7, 11) is 2.14. The van der Waals surface area contributed by atoms with E-state index in [1.807, 2.05) is 18.2 Å². The topological polar surface area (TPSA) is 67.3 Å². The summed E-state index contributed by atoms with van der Waals surface area (Å²) in [6, 6.07) is 6.52. The molecule has 2 heterocycles. The monoisotopic (exact) mass is 246 g/mol. The van der Waals surface area contributed by atoms with Crippen LogP contribution in [0.15, 0.2) is 22.6 Å². The number of piperidine rings is 1. The lowest BCUT2D eigenvalue weighted by Gasteiger charge is -2.29. The van der Waals surface area contributed by atoms with Crippen molar-refractivity contribution in [2.75, 3.05) is 31.2 Å². The summed E-state index contributed by atoms with van der Waals surface area (Å²) >= 11 is 0. The average molecular weight is 246 g/mol. The fourth-order valence-corrected chi connectivity index (χ4v) is 2.47. The Kier molecular flexibility index (Phi) is 2.83. The fraction of sp³-hybridized carbons (Fsp3) is 0.462. The molecule has 3 rings (SSSR count). The zero-order chi connectivity index (χ0) is 12.5. The highest BCUT2D eigenvalue weighted by atomic mass is 16.4. The van der Waals surface area contributed by atoms with E-state index in [1.165, 1.54) is 13.0 Å². The Hall–Kier alpha value is -1.75. The molecule has 0 radical (unpaired) electrons. The van der Waals surface area contributed by atoms with Crippen LogP contribution in [0.1, 0.15) is 12.8 Å². The number of nitrogen functional groups attached to an aromatic ring is 1. The fourth-order valence-electron chi connectivity index (χ4n) is 2.47. The molecule has 5 nitrogen and oxygen atoms in total. The summed E-state index contributed by atoms with van der Waals surface area (Å²) in [4.78, 5) is 6.74. The van der Waals surface area contributed by atoms with Crippen LogP contribution in [0.3, 0.4) is 0 Å². The summed E-state index contributed by atoms with van der Waals surface area (Å²) in [6.45, 7) is 2.20. The molecule has 1 aromatic carbocycles. The third kappa shape index (κ3) is 2.26. The van der Waals surface area contributed by atoms with Crippen LogP contribution in [0.5, 0.6) is 0 Å². The number of likely N-dealkylation sites (tertiary alicyclic amines) is 1. The molecule has 0 aliphatic carbocycles. The molecule has 1 saturated heterocycles. The number of anilines is 2. The first kappa shape index (κ1) is 11.3. The number of rotatable bonds is 2. The van der Waals surface area contributed by atoms with Gasteiger partial charge in [-0.3, -0.25) is 0 Å². The third-order valence-corrected chi connectivity index (χ3v) is 3.36. The molecule has 0 amide bonds. The molecule has 1 unspecified atom stereocenters. The van der Waals surface area contributed by atoms with Gasteiger partial charge in [0.1, 0.15) is 5.52 Å². The van der Waals surface area contributed by atoms with Crippen molar-refractivity contribution in [2.45, 2.75) is 18.9 Å². The van der Waals surface area contributed by atoms with Crippen molar-refractivity contribution in [1.29, 1.82) is 0 Å². The van der Waals surface area contributed by atoms with Gasteiger partial charge in [0.2, 0.25) is 0 Å². The summed E-state index contributed by atoms with van der Waals surface area (Å²) in [6.07, 6.45) is 2.37. The molecule has 1 aliphatic rings. The minimum atomic E-state index is 0.411. The second-order valence-corrected chi connectivity index (χ2v) is 4.99. The molecule has 0 saturated carbocycles. The summed E-state index contributed by atoms with van der Waals surface area (Å²) in [5, 5.41) is 3.36. The van der Waals surface area contributed by atoms with Crippen LogP contribution < -0.4 is 11.1 Å². The van der Waals surface area contributed by atoms with Gasteiger partial charge in [0, 0.05) is 18.3 Å². The van der Waals surface area contributed by atoms with Crippen LogP contribution in [0.2, 0.25) is 0 Å². The lowest BCUT2D eigenvalue weighted by atomic mass is 10.1. The minimum Gasteiger partial charge on any atom is -0.424 e. The van der Waals surface area contributed by atoms with Crippen molar-refractivity contribution in [3.8, 4) is 0 Å². The maximum Gasteiger partial charge on any atom is 0.295 e. The second-order valence-electron chi connectivity index (χ2n) is 4.99. The Morgan fingerprint density at radius 2 is 2.39 bits per heavy atom. The van der Waals surface area contributed by atoms with Gasteiger partial charge in [-0.1, -0.05) is 0 Å². The van der Waals surface area contributed by atoms with Gasteiger partial charge < -0.3 is 20.4 Å². The molecule has 1 aliphatic heterocycles. The SMILES string of the molecule is CN1CCCC(Nc2nc3cc(N)ccc3o2)C1. The molecule has 2 aromatic rings. The first-order valence-electron chi connectivity index (χ1n) is 6.32. The zero-order valence-electron chi connectivity index (χ0n) is 10.5. The molecule has 5 heteroatoms. The normalized spacial score (nSPS) is 21.3. The minimum absolute atomic E-state index is 0.411. The van der Waals surface area contributed by atoms with E-state index < -0.39 is 0 Å². The lowest BCUT2D eigenvalue weighted by Crippen LogP contribution is -2.39. The molecule has 1 atom stereocenters. The molecule has 3 N–H and O–H groups in total. The maximum atomic E-state index is 5.73. The van der Waals surface area contributed by atoms with Crippen LogP contribution in [-0.4, -0.2) is 36.1 Å². The van der Waals surface area contributed by atoms with Crippen molar-refractivity contribution >= 4 is 22.8 Å². The van der Waals surface area contributed by atoms with Gasteiger partial charge in [0.25, 0.3) is 6.01 Å². The largest absolute Gasteiger partial charge is 0.424 e. The first-order valence-corrected chi connectivity index (χ1v) is 6.32. The summed E-state index contributed by atoms with van der Waals surface area (Å²) in [5.74, 6) is 0. The Balaban J connectivity index is 1.78. The number of hydrogen-bond acceptors (Lipinski definition) is 5. The molecule has 1 fully saturated rings. The van der Waals surface area contributed by atoms with Crippen molar-refractivity contribution in [2.24, 2.45) is 0 Å². The van der Waals surface area contributed by atoms with Crippen molar-refractivity contribution in [1.82, 2.24) is 9.88 Å². The van der Waals surface area contributed by atoms with Gasteiger partial charge in [-0.2, -0.15) is 4.98 Å². The summed E-state index contributed by atoms with van der Waals surface area (Å²) in [5.41, 5.74) is 8.02. The van der Waals surface area contributed by atoms with Gasteiger partial charge in [0.15, 0.2) is 5.58 Å². The predicted molar refractivity (Wildman–Crippen MR) is 72.6 cm³/mol. The molecule has 0 spiro atoms. The van der Waals surface area contributed by atoms with Gasteiger partial charge in [0.05, 0.1) is 0 Å². The molecular weight excluding hydrogens is 228 g/mol. The third-order valence-electron chi connectivity index (χ3n) is 3.36. The van der Waals surface area contributed by atoms with Crippen molar-refractivity contribution in [3.63, 3.8) is 0 Å². The van der Waals surface area contributed by atoms with Gasteiger partial charge >= 0.3 is 0 Å². The highest BCUT2D eigenvalue weighted by Gasteiger charge is 2.18. The van der Waals surface area contributed by atoms with E-state index in [4.69, 9.17) is 10.2 Å². The Bertz CT molecular complexity index is 551. The van der Waals surface area contributed by atoms with Crippen molar-refractivity contribution < 1.29 is 4.42 Å². The number of likely N-dealkylation sites (N-methyl/N-ethyl adjacent to an activating group) is 1. The quantitative estimate of drug-likeness (QED) is 0.792. The first-order chi connectivity index (χ1) is 8.70. The van der Waals surface area contributed by atoms with Gasteiger partial charge in [-0.05, 0) is 44.6 Å². The highest BCUT2D eigenvalue weighted by molar-refractivity contribution is 5.78. The van der Waals surface area contributed by atoms with Crippen LogP contribution in [0.4, 0.5) is 11.7 Å². The van der Waals surface area contributed by atoms with E-state index >= 15 is 0 Å². The number of hydrogen-bond donors (Lipinski definition) is 2. The molecule has 96 valence electrons. The van der Waals surface area contributed by atoms with Crippen LogP contribution >= 0.6 is 0 Å². The number of benzene rings is 1. The summed E-state index contributed by atoms with van der Waals surface area (Å²) < 4.78 is 5.66. The van der Waals surface area contributed by atoms with E-state index in [0.717, 1.165) is 24.1 Å². The predicted octanol–water partition coefficient (Wildman–Crippen LogP) is 1.92. The van der Waals surface area contributed by atoms with Crippen LogP contribution in [0.25, 0.3) is 11.1 Å². The van der Waals surface area contributed by atoms with E-state index in [9.17, 15) is 0 Å². The number of aromatic nitrogens is 1. The smallest absolute Gasteiger partial charge is 0.295 e. The van der Waals surface area contributed by atoms with Gasteiger partial charge in [-0.25, -0.2) is 0 Å². The number of fused-ring (bicyclic) bond motifs is 1. The van der Waals surface area contributed by atoms with E-state index in [-0.39, 0.29) is 0 Å². The Labute approximate surface area is 106 Å². The van der Waals surface area contributed by atoms with E-state index in [2.05, 4.69) is 22.2 Å². The standard InChI is InChI=1S/C13H18N4O/c1-17-6-2-3-10(8-17)15-13-16-11-7-9(14)4-5-12(11)18-13/h4-5,7,10H,2-3,6,8,14H2,1H3,(H,15,16). The number of nitrogens with zero attached hydrogens (tertiary/aromatic N) is 2. The van der Waals surface area contributed by atoms with E-state index in [1.54, 1.807) is 0 Å². The number of oxazole rings is 1. The average Bonchev–Trinajstić information content (AvgIpc) is 2.70. The van der Waals surface area contributed by atoms with Gasteiger partial charge in [-0.15, -0.1) is 0 Å². The zero-order valence-corrected chi connectivity index (χ0v) is 10.5.